The Bertz CT molecular complexity index is 1290. The van der Waals surface area contributed by atoms with Crippen molar-refractivity contribution in [3.05, 3.63) is 96.1 Å². The quantitative estimate of drug-likeness (QED) is 0.0550. The SMILES string of the molecule is CCCCCCCCCCCCCC(OC(CCCCCCCCCCCCC)c1cccc2ccccc12)c1cccc2ccccc12. The molecule has 4 aromatic rings. The van der Waals surface area contributed by atoms with E-state index in [0.29, 0.717) is 0 Å². The lowest BCUT2D eigenvalue weighted by Crippen LogP contribution is -2.12. The molecule has 0 saturated carbocycles. The number of fused-ring (bicyclic) bond motifs is 2. The summed E-state index contributed by atoms with van der Waals surface area (Å²) in [4.78, 5) is 0. The second-order valence-corrected chi connectivity index (χ2v) is 14.9. The lowest BCUT2D eigenvalue weighted by Gasteiger charge is -2.28. The van der Waals surface area contributed by atoms with E-state index in [9.17, 15) is 0 Å². The third kappa shape index (κ3) is 14.3. The molecule has 0 aliphatic rings. The Hall–Kier alpha value is -2.64. The molecule has 0 fully saturated rings. The number of rotatable bonds is 28. The predicted octanol–water partition coefficient (Wildman–Crippen LogP) is 16.2. The Labute approximate surface area is 301 Å². The normalized spacial score (nSPS) is 12.9. The molecule has 2 atom stereocenters. The molecular formula is C48H70O. The molecule has 2 unspecified atom stereocenters. The van der Waals surface area contributed by atoms with Gasteiger partial charge in [0.05, 0.1) is 12.2 Å². The maximum Gasteiger partial charge on any atom is 0.0839 e. The van der Waals surface area contributed by atoms with Gasteiger partial charge in [-0.3, -0.25) is 0 Å². The topological polar surface area (TPSA) is 9.23 Å². The summed E-state index contributed by atoms with van der Waals surface area (Å²) in [6.45, 7) is 4.61. The largest absolute Gasteiger partial charge is 0.366 e. The van der Waals surface area contributed by atoms with Crippen LogP contribution in [0.1, 0.15) is 191 Å². The van der Waals surface area contributed by atoms with Gasteiger partial charge in [0.15, 0.2) is 0 Å². The van der Waals surface area contributed by atoms with Crippen LogP contribution in [0.3, 0.4) is 0 Å². The minimum Gasteiger partial charge on any atom is -0.366 e. The van der Waals surface area contributed by atoms with E-state index >= 15 is 0 Å². The van der Waals surface area contributed by atoms with E-state index in [4.69, 9.17) is 4.74 Å². The maximum atomic E-state index is 7.42. The van der Waals surface area contributed by atoms with Gasteiger partial charge in [-0.15, -0.1) is 0 Å². The lowest BCUT2D eigenvalue weighted by atomic mass is 9.94. The molecule has 0 bridgehead atoms. The Morgan fingerprint density at radius 2 is 0.653 bits per heavy atom. The number of benzene rings is 4. The highest BCUT2D eigenvalue weighted by Gasteiger charge is 2.23. The summed E-state index contributed by atoms with van der Waals surface area (Å²) in [5, 5.41) is 5.34. The van der Waals surface area contributed by atoms with Crippen LogP contribution in [0.4, 0.5) is 0 Å². The van der Waals surface area contributed by atoms with Crippen LogP contribution in [-0.2, 0) is 4.74 Å². The van der Waals surface area contributed by atoms with Crippen LogP contribution < -0.4 is 0 Å². The van der Waals surface area contributed by atoms with Crippen LogP contribution in [0.5, 0.6) is 0 Å². The van der Waals surface area contributed by atoms with E-state index in [2.05, 4.69) is 98.8 Å². The van der Waals surface area contributed by atoms with Crippen molar-refractivity contribution in [1.29, 1.82) is 0 Å². The number of hydrogen-bond donors (Lipinski definition) is 0. The Morgan fingerprint density at radius 3 is 1.02 bits per heavy atom. The van der Waals surface area contributed by atoms with Crippen LogP contribution in [-0.4, -0.2) is 0 Å². The monoisotopic (exact) mass is 663 g/mol. The zero-order chi connectivity index (χ0) is 34.2. The van der Waals surface area contributed by atoms with Crippen molar-refractivity contribution in [2.75, 3.05) is 0 Å². The minimum atomic E-state index is 0.0985. The van der Waals surface area contributed by atoms with Gasteiger partial charge < -0.3 is 4.74 Å². The third-order valence-corrected chi connectivity index (χ3v) is 10.8. The average molecular weight is 663 g/mol. The van der Waals surface area contributed by atoms with Crippen LogP contribution in [0.25, 0.3) is 21.5 Å². The zero-order valence-corrected chi connectivity index (χ0v) is 31.6. The Balaban J connectivity index is 1.39. The lowest BCUT2D eigenvalue weighted by molar-refractivity contribution is -0.0249. The number of unbranched alkanes of at least 4 members (excludes halogenated alkanes) is 20. The van der Waals surface area contributed by atoms with Gasteiger partial charge in [0, 0.05) is 0 Å². The van der Waals surface area contributed by atoms with Crippen LogP contribution >= 0.6 is 0 Å². The van der Waals surface area contributed by atoms with E-state index in [-0.39, 0.29) is 12.2 Å². The summed E-state index contributed by atoms with van der Waals surface area (Å²) in [5.74, 6) is 0. The summed E-state index contributed by atoms with van der Waals surface area (Å²) in [6.07, 6.45) is 32.5. The van der Waals surface area contributed by atoms with Crippen molar-refractivity contribution >= 4 is 21.5 Å². The molecule has 0 radical (unpaired) electrons. The standard InChI is InChI=1S/C48H70O/c1-3-5-7-9-11-13-15-17-19-21-23-39-47(45-37-29-33-41-31-25-27-35-43(41)45)49-48(46-38-30-34-42-32-26-28-36-44(42)46)40-24-22-20-18-16-14-12-10-8-6-4-2/h25-38,47-48H,3-24,39-40H2,1-2H3. The molecule has 4 rings (SSSR count). The molecular weight excluding hydrogens is 593 g/mol. The fourth-order valence-electron chi connectivity index (χ4n) is 7.84. The Kier molecular flexibility index (Phi) is 19.6. The van der Waals surface area contributed by atoms with Gasteiger partial charge in [0.2, 0.25) is 0 Å². The van der Waals surface area contributed by atoms with Crippen molar-refractivity contribution < 1.29 is 4.74 Å². The van der Waals surface area contributed by atoms with Gasteiger partial charge >= 0.3 is 0 Å². The van der Waals surface area contributed by atoms with Crippen molar-refractivity contribution in [3.63, 3.8) is 0 Å². The predicted molar refractivity (Wildman–Crippen MR) is 217 cm³/mol. The molecule has 0 aliphatic carbocycles. The molecule has 0 aliphatic heterocycles. The van der Waals surface area contributed by atoms with Gasteiger partial charge in [-0.25, -0.2) is 0 Å². The van der Waals surface area contributed by atoms with Crippen molar-refractivity contribution in [1.82, 2.24) is 0 Å². The third-order valence-electron chi connectivity index (χ3n) is 10.8. The van der Waals surface area contributed by atoms with E-state index in [1.165, 1.54) is 174 Å². The van der Waals surface area contributed by atoms with Crippen molar-refractivity contribution in [2.45, 2.75) is 180 Å². The zero-order valence-electron chi connectivity index (χ0n) is 31.6. The fourth-order valence-corrected chi connectivity index (χ4v) is 7.84. The fraction of sp³-hybridized carbons (Fsp3) is 0.583. The molecule has 0 spiro atoms. The number of ether oxygens (including phenoxy) is 1. The molecule has 49 heavy (non-hydrogen) atoms. The van der Waals surface area contributed by atoms with E-state index in [0.717, 1.165) is 12.8 Å². The highest BCUT2D eigenvalue weighted by molar-refractivity contribution is 5.87. The first-order valence-electron chi connectivity index (χ1n) is 20.9. The summed E-state index contributed by atoms with van der Waals surface area (Å²) in [5.41, 5.74) is 2.74. The molecule has 0 heterocycles. The number of hydrogen-bond acceptors (Lipinski definition) is 1. The highest BCUT2D eigenvalue weighted by atomic mass is 16.5. The Morgan fingerprint density at radius 1 is 0.347 bits per heavy atom. The smallest absolute Gasteiger partial charge is 0.0839 e. The highest BCUT2D eigenvalue weighted by Crippen LogP contribution is 2.39. The maximum absolute atomic E-state index is 7.42. The second kappa shape index (κ2) is 24.5. The van der Waals surface area contributed by atoms with Crippen molar-refractivity contribution in [3.8, 4) is 0 Å². The first kappa shape index (κ1) is 39.2. The van der Waals surface area contributed by atoms with Crippen molar-refractivity contribution in [2.24, 2.45) is 0 Å². The average Bonchev–Trinajstić information content (AvgIpc) is 3.14. The first-order valence-corrected chi connectivity index (χ1v) is 20.9. The molecule has 268 valence electrons. The van der Waals surface area contributed by atoms with Crippen LogP contribution in [0, 0.1) is 0 Å². The molecule has 0 N–H and O–H groups in total. The molecule has 1 heteroatoms. The molecule has 0 amide bonds. The van der Waals surface area contributed by atoms with Crippen LogP contribution in [0.15, 0.2) is 84.9 Å². The van der Waals surface area contributed by atoms with Gasteiger partial charge in [-0.05, 0) is 45.5 Å². The molecule has 1 nitrogen and oxygen atoms in total. The second-order valence-electron chi connectivity index (χ2n) is 14.9. The molecule has 0 aromatic heterocycles. The molecule has 4 aromatic carbocycles. The summed E-state index contributed by atoms with van der Waals surface area (Å²) >= 11 is 0. The van der Waals surface area contributed by atoms with Gasteiger partial charge in [-0.2, -0.15) is 0 Å². The van der Waals surface area contributed by atoms with Gasteiger partial charge in [-0.1, -0.05) is 240 Å². The van der Waals surface area contributed by atoms with Gasteiger partial charge in [0.25, 0.3) is 0 Å². The van der Waals surface area contributed by atoms with Gasteiger partial charge in [0.1, 0.15) is 0 Å². The minimum absolute atomic E-state index is 0.0985. The summed E-state index contributed by atoms with van der Waals surface area (Å²) in [6, 6.07) is 31.5. The molecule has 0 saturated heterocycles. The van der Waals surface area contributed by atoms with E-state index in [1.807, 2.05) is 0 Å². The summed E-state index contributed by atoms with van der Waals surface area (Å²) < 4.78 is 7.42. The van der Waals surface area contributed by atoms with E-state index < -0.39 is 0 Å². The first-order chi connectivity index (χ1) is 24.3. The summed E-state index contributed by atoms with van der Waals surface area (Å²) in [7, 11) is 0. The van der Waals surface area contributed by atoms with Crippen LogP contribution in [0.2, 0.25) is 0 Å². The van der Waals surface area contributed by atoms with E-state index in [1.54, 1.807) is 0 Å².